The monoisotopic (exact) mass is 403 g/mol. The largest absolute Gasteiger partial charge is 0.497 e. The number of fused-ring (bicyclic) bond motifs is 1. The Hall–Kier alpha value is -3.67. The van der Waals surface area contributed by atoms with Gasteiger partial charge in [0, 0.05) is 12.3 Å². The zero-order valence-electron chi connectivity index (χ0n) is 17.1. The minimum absolute atomic E-state index is 0.116. The van der Waals surface area contributed by atoms with E-state index in [1.54, 1.807) is 14.0 Å². The van der Waals surface area contributed by atoms with Crippen LogP contribution in [0.25, 0.3) is 10.8 Å². The molecule has 0 aromatic heterocycles. The highest BCUT2D eigenvalue weighted by Crippen LogP contribution is 2.18. The highest BCUT2D eigenvalue weighted by molar-refractivity contribution is 6.00. The average molecular weight is 403 g/mol. The molecule has 0 radical (unpaired) electrons. The first-order valence-electron chi connectivity index (χ1n) is 9.73. The molecule has 0 aliphatic rings. The number of amides is 2. The molecule has 0 saturated heterocycles. The van der Waals surface area contributed by atoms with Gasteiger partial charge in [0.1, 0.15) is 5.75 Å². The molecular formula is C24H25N3O3. The molecule has 30 heavy (non-hydrogen) atoms. The van der Waals surface area contributed by atoms with Crippen molar-refractivity contribution in [3.8, 4) is 5.75 Å². The fourth-order valence-corrected chi connectivity index (χ4v) is 3.10. The van der Waals surface area contributed by atoms with Gasteiger partial charge in [0.25, 0.3) is 0 Å². The molecule has 0 fully saturated rings. The average Bonchev–Trinajstić information content (AvgIpc) is 2.77. The van der Waals surface area contributed by atoms with Gasteiger partial charge in [-0.3, -0.25) is 9.59 Å². The summed E-state index contributed by atoms with van der Waals surface area (Å²) >= 11 is 0. The summed E-state index contributed by atoms with van der Waals surface area (Å²) < 4.78 is 5.11. The first-order chi connectivity index (χ1) is 14.5. The van der Waals surface area contributed by atoms with Crippen molar-refractivity contribution in [2.45, 2.75) is 26.3 Å². The van der Waals surface area contributed by atoms with Crippen molar-refractivity contribution in [1.29, 1.82) is 0 Å². The topological polar surface area (TPSA) is 79.8 Å². The second-order valence-corrected chi connectivity index (χ2v) is 7.00. The Morgan fingerprint density at radius 2 is 1.67 bits per heavy atom. The Bertz CT molecular complexity index is 1050. The van der Waals surface area contributed by atoms with E-state index in [-0.39, 0.29) is 24.7 Å². The van der Waals surface area contributed by atoms with Crippen molar-refractivity contribution in [2.75, 3.05) is 7.11 Å². The van der Waals surface area contributed by atoms with E-state index in [9.17, 15) is 9.59 Å². The molecule has 0 aliphatic carbocycles. The summed E-state index contributed by atoms with van der Waals surface area (Å²) in [7, 11) is 1.61. The molecule has 0 spiro atoms. The molecule has 2 amide bonds. The van der Waals surface area contributed by atoms with Crippen LogP contribution in [0.15, 0.2) is 71.8 Å². The molecule has 6 heteroatoms. The van der Waals surface area contributed by atoms with E-state index in [1.807, 2.05) is 66.7 Å². The summed E-state index contributed by atoms with van der Waals surface area (Å²) in [5.41, 5.74) is 4.99. The molecule has 0 saturated carbocycles. The van der Waals surface area contributed by atoms with Crippen LogP contribution in [0.2, 0.25) is 0 Å². The zero-order chi connectivity index (χ0) is 21.3. The minimum atomic E-state index is -0.218. The lowest BCUT2D eigenvalue weighted by Gasteiger charge is -2.07. The molecule has 3 aromatic rings. The van der Waals surface area contributed by atoms with Crippen LogP contribution in [-0.2, 0) is 22.6 Å². The maximum atomic E-state index is 12.3. The van der Waals surface area contributed by atoms with E-state index in [4.69, 9.17) is 4.74 Å². The number of methoxy groups -OCH3 is 1. The lowest BCUT2D eigenvalue weighted by molar-refractivity contribution is -0.121. The summed E-state index contributed by atoms with van der Waals surface area (Å²) in [6.07, 6.45) is 0.340. The van der Waals surface area contributed by atoms with Crippen LogP contribution >= 0.6 is 0 Å². The lowest BCUT2D eigenvalue weighted by Crippen LogP contribution is -2.26. The maximum Gasteiger partial charge on any atom is 0.244 e. The van der Waals surface area contributed by atoms with Gasteiger partial charge in [0.05, 0.1) is 20.0 Å². The predicted octanol–water partition coefficient (Wildman–Crippen LogP) is 3.59. The van der Waals surface area contributed by atoms with Crippen molar-refractivity contribution in [1.82, 2.24) is 10.7 Å². The van der Waals surface area contributed by atoms with Crippen LogP contribution in [0.5, 0.6) is 5.75 Å². The van der Waals surface area contributed by atoms with Gasteiger partial charge in [-0.1, -0.05) is 54.6 Å². The number of nitrogens with one attached hydrogen (secondary N) is 2. The van der Waals surface area contributed by atoms with E-state index >= 15 is 0 Å². The molecule has 2 N–H and O–H groups in total. The lowest BCUT2D eigenvalue weighted by atomic mass is 10.0. The van der Waals surface area contributed by atoms with Crippen molar-refractivity contribution < 1.29 is 14.3 Å². The Kier molecular flexibility index (Phi) is 7.16. The molecule has 0 aliphatic heterocycles. The van der Waals surface area contributed by atoms with Gasteiger partial charge in [-0.25, -0.2) is 5.43 Å². The Morgan fingerprint density at radius 3 is 2.43 bits per heavy atom. The number of hydrogen-bond acceptors (Lipinski definition) is 4. The Labute approximate surface area is 175 Å². The van der Waals surface area contributed by atoms with Crippen LogP contribution in [0, 0.1) is 0 Å². The first kappa shape index (κ1) is 21.0. The quantitative estimate of drug-likeness (QED) is 0.446. The number of hydrazone groups is 1. The summed E-state index contributed by atoms with van der Waals surface area (Å²) in [5, 5.41) is 9.04. The molecule has 3 rings (SSSR count). The maximum absolute atomic E-state index is 12.3. The zero-order valence-corrected chi connectivity index (χ0v) is 17.1. The van der Waals surface area contributed by atoms with Gasteiger partial charge in [0.2, 0.25) is 11.8 Å². The molecule has 6 nitrogen and oxygen atoms in total. The third-order valence-corrected chi connectivity index (χ3v) is 4.67. The summed E-state index contributed by atoms with van der Waals surface area (Å²) in [6, 6.07) is 21.3. The molecular weight excluding hydrogens is 378 g/mol. The number of ether oxygens (including phenoxy) is 1. The number of carbonyl (C=O) groups is 2. The van der Waals surface area contributed by atoms with Crippen LogP contribution < -0.4 is 15.5 Å². The van der Waals surface area contributed by atoms with E-state index in [1.165, 1.54) is 0 Å². The van der Waals surface area contributed by atoms with Crippen molar-refractivity contribution in [2.24, 2.45) is 5.10 Å². The van der Waals surface area contributed by atoms with Crippen molar-refractivity contribution >= 4 is 28.3 Å². The number of rotatable bonds is 8. The van der Waals surface area contributed by atoms with Gasteiger partial charge in [0.15, 0.2) is 0 Å². The Balaban J connectivity index is 1.47. The van der Waals surface area contributed by atoms with Gasteiger partial charge in [-0.2, -0.15) is 5.10 Å². The smallest absolute Gasteiger partial charge is 0.244 e. The van der Waals surface area contributed by atoms with Gasteiger partial charge in [-0.15, -0.1) is 0 Å². The van der Waals surface area contributed by atoms with E-state index in [0.717, 1.165) is 27.6 Å². The summed E-state index contributed by atoms with van der Waals surface area (Å²) in [4.78, 5) is 24.4. The van der Waals surface area contributed by atoms with Gasteiger partial charge in [-0.05, 0) is 41.0 Å². The van der Waals surface area contributed by atoms with E-state index in [0.29, 0.717) is 12.3 Å². The number of carbonyl (C=O) groups excluding carboxylic acids is 2. The minimum Gasteiger partial charge on any atom is -0.497 e. The normalized spacial score (nSPS) is 11.2. The summed E-state index contributed by atoms with van der Waals surface area (Å²) in [5.74, 6) is 0.395. The van der Waals surface area contributed by atoms with E-state index in [2.05, 4.69) is 15.8 Å². The molecule has 0 heterocycles. The molecule has 0 bridgehead atoms. The Morgan fingerprint density at radius 1 is 0.933 bits per heavy atom. The van der Waals surface area contributed by atoms with Crippen LogP contribution in [-0.4, -0.2) is 24.6 Å². The number of benzene rings is 3. The SMILES string of the molecule is COc1ccc(CNC(=O)CC(C)=NNC(=O)Cc2cccc3ccccc23)cc1. The molecule has 154 valence electrons. The molecule has 3 aromatic carbocycles. The molecule has 0 atom stereocenters. The van der Waals surface area contributed by atoms with Gasteiger partial charge >= 0.3 is 0 Å². The third-order valence-electron chi connectivity index (χ3n) is 4.67. The van der Waals surface area contributed by atoms with E-state index < -0.39 is 0 Å². The van der Waals surface area contributed by atoms with Crippen molar-refractivity contribution in [3.05, 3.63) is 77.9 Å². The molecule has 0 unspecified atom stereocenters. The third kappa shape index (κ3) is 5.91. The van der Waals surface area contributed by atoms with Crippen LogP contribution in [0.1, 0.15) is 24.5 Å². The predicted molar refractivity (Wildman–Crippen MR) is 118 cm³/mol. The highest BCUT2D eigenvalue weighted by atomic mass is 16.5. The highest BCUT2D eigenvalue weighted by Gasteiger charge is 2.08. The fourth-order valence-electron chi connectivity index (χ4n) is 3.10. The second kappa shape index (κ2) is 10.2. The standard InChI is InChI=1S/C24H25N3O3/c1-17(14-23(28)25-16-18-10-12-21(30-2)13-11-18)26-27-24(29)15-20-8-5-7-19-6-3-4-9-22(19)20/h3-13H,14-16H2,1-2H3,(H,25,28)(H,27,29). The summed E-state index contributed by atoms with van der Waals surface area (Å²) in [6.45, 7) is 2.13. The van der Waals surface area contributed by atoms with Gasteiger partial charge < -0.3 is 10.1 Å². The first-order valence-corrected chi connectivity index (χ1v) is 9.73. The number of hydrogen-bond donors (Lipinski definition) is 2. The number of nitrogens with zero attached hydrogens (tertiary/aromatic N) is 1. The van der Waals surface area contributed by atoms with Crippen LogP contribution in [0.3, 0.4) is 0 Å². The second-order valence-electron chi connectivity index (χ2n) is 7.00. The van der Waals surface area contributed by atoms with Crippen molar-refractivity contribution in [3.63, 3.8) is 0 Å². The van der Waals surface area contributed by atoms with Crippen LogP contribution in [0.4, 0.5) is 0 Å². The fraction of sp³-hybridized carbons (Fsp3) is 0.208.